The molecule has 0 spiro atoms. The molecule has 1 aliphatic rings. The van der Waals surface area contributed by atoms with Crippen molar-refractivity contribution in [1.29, 1.82) is 0 Å². The normalized spacial score (nSPS) is 17.4. The van der Waals surface area contributed by atoms with Gasteiger partial charge in [-0.3, -0.25) is 0 Å². The van der Waals surface area contributed by atoms with Crippen LogP contribution in [-0.2, 0) is 4.74 Å². The van der Waals surface area contributed by atoms with E-state index in [1.165, 1.54) is 0 Å². The van der Waals surface area contributed by atoms with Gasteiger partial charge < -0.3 is 20.7 Å². The zero-order valence-electron chi connectivity index (χ0n) is 11.7. The van der Waals surface area contributed by atoms with Gasteiger partial charge in [-0.05, 0) is 31.7 Å². The van der Waals surface area contributed by atoms with Crippen molar-refractivity contribution in [3.05, 3.63) is 0 Å². The number of hydrogen-bond donors (Lipinski definition) is 2. The van der Waals surface area contributed by atoms with Gasteiger partial charge in [-0.15, -0.1) is 0 Å². The monoisotopic (exact) mass is 257 g/mol. The third-order valence-electron chi connectivity index (χ3n) is 3.16. The molecule has 3 N–H and O–H groups in total. The summed E-state index contributed by atoms with van der Waals surface area (Å²) in [5, 5.41) is 3.51. The smallest absolute Gasteiger partial charge is 0.314 e. The average Bonchev–Trinajstić information content (AvgIpc) is 2.34. The number of urea groups is 1. The molecule has 0 radical (unpaired) electrons. The van der Waals surface area contributed by atoms with Crippen LogP contribution in [0.15, 0.2) is 0 Å². The molecule has 1 rings (SSSR count). The van der Waals surface area contributed by atoms with Crippen LogP contribution in [0, 0.1) is 5.92 Å². The molecule has 0 atom stereocenters. The quantitative estimate of drug-likeness (QED) is 0.673. The first-order valence-electron chi connectivity index (χ1n) is 6.95. The van der Waals surface area contributed by atoms with Gasteiger partial charge in [-0.25, -0.2) is 4.79 Å². The number of nitrogens with two attached hydrogens (primary N) is 1. The number of piperidine rings is 1. The molecule has 1 saturated heterocycles. The van der Waals surface area contributed by atoms with Crippen LogP contribution < -0.4 is 11.1 Å². The van der Waals surface area contributed by atoms with Gasteiger partial charge in [0, 0.05) is 32.3 Å². The third kappa shape index (κ3) is 6.21. The Hall–Kier alpha value is -0.810. The molecule has 0 aromatic heterocycles. The van der Waals surface area contributed by atoms with E-state index >= 15 is 0 Å². The van der Waals surface area contributed by atoms with Gasteiger partial charge in [0.05, 0.1) is 0 Å². The minimum absolute atomic E-state index is 0.296. The van der Waals surface area contributed by atoms with E-state index in [2.05, 4.69) is 19.2 Å². The van der Waals surface area contributed by atoms with Gasteiger partial charge in [0.1, 0.15) is 0 Å². The summed E-state index contributed by atoms with van der Waals surface area (Å²) in [5.74, 6) is 0.607. The minimum atomic E-state index is -0.296. The van der Waals surface area contributed by atoms with Crippen molar-refractivity contribution < 1.29 is 9.53 Å². The van der Waals surface area contributed by atoms with E-state index in [0.717, 1.165) is 52.1 Å². The second kappa shape index (κ2) is 8.32. The highest BCUT2D eigenvalue weighted by Crippen LogP contribution is 2.09. The largest absolute Gasteiger partial charge is 0.381 e. The lowest BCUT2D eigenvalue weighted by atomic mass is 10.1. The van der Waals surface area contributed by atoms with Crippen LogP contribution in [0.2, 0.25) is 0 Å². The molecule has 1 aliphatic heterocycles. The van der Waals surface area contributed by atoms with Gasteiger partial charge in [-0.1, -0.05) is 13.8 Å². The van der Waals surface area contributed by atoms with Crippen molar-refractivity contribution >= 4 is 6.03 Å². The summed E-state index contributed by atoms with van der Waals surface area (Å²) in [6.07, 6.45) is 3.04. The first-order chi connectivity index (χ1) is 8.59. The Bertz CT molecular complexity index is 238. The fourth-order valence-electron chi connectivity index (χ4n) is 2.10. The zero-order chi connectivity index (χ0) is 13.4. The van der Waals surface area contributed by atoms with Gasteiger partial charge in [0.2, 0.25) is 0 Å². The van der Waals surface area contributed by atoms with E-state index in [9.17, 15) is 4.79 Å². The lowest BCUT2D eigenvalue weighted by Gasteiger charge is -2.31. The number of likely N-dealkylation sites (tertiary alicyclic amines) is 1. The Morgan fingerprint density at radius 3 is 2.67 bits per heavy atom. The molecule has 0 bridgehead atoms. The Morgan fingerprint density at radius 1 is 1.44 bits per heavy atom. The molecule has 0 aromatic rings. The molecule has 0 unspecified atom stereocenters. The van der Waals surface area contributed by atoms with E-state index in [4.69, 9.17) is 10.5 Å². The number of hydrogen-bond acceptors (Lipinski definition) is 3. The van der Waals surface area contributed by atoms with Gasteiger partial charge >= 0.3 is 6.03 Å². The molecule has 18 heavy (non-hydrogen) atoms. The Morgan fingerprint density at radius 2 is 2.11 bits per heavy atom. The van der Waals surface area contributed by atoms with Crippen LogP contribution in [0.3, 0.4) is 0 Å². The van der Waals surface area contributed by atoms with Crippen LogP contribution in [-0.4, -0.2) is 49.8 Å². The van der Waals surface area contributed by atoms with E-state index in [1.54, 1.807) is 4.90 Å². The van der Waals surface area contributed by atoms with Crippen molar-refractivity contribution in [2.24, 2.45) is 11.7 Å². The lowest BCUT2D eigenvalue weighted by molar-refractivity contribution is 0.106. The summed E-state index contributed by atoms with van der Waals surface area (Å²) >= 11 is 0. The maximum absolute atomic E-state index is 11.0. The molecule has 2 amide bonds. The van der Waals surface area contributed by atoms with E-state index in [-0.39, 0.29) is 6.03 Å². The molecule has 1 heterocycles. The highest BCUT2D eigenvalue weighted by atomic mass is 16.5. The van der Waals surface area contributed by atoms with Crippen LogP contribution >= 0.6 is 0 Å². The standard InChI is InChI=1S/C13H27N3O2/c1-11(2)10-18-9-3-6-15-12-4-7-16(8-5-12)13(14)17/h11-12,15H,3-10H2,1-2H3,(H2,14,17). The molecule has 0 aromatic carbocycles. The highest BCUT2D eigenvalue weighted by molar-refractivity contribution is 5.72. The van der Waals surface area contributed by atoms with Crippen molar-refractivity contribution in [2.45, 2.75) is 39.2 Å². The Labute approximate surface area is 110 Å². The molecule has 106 valence electrons. The number of nitrogens with one attached hydrogen (secondary N) is 1. The molecular weight excluding hydrogens is 230 g/mol. The maximum Gasteiger partial charge on any atom is 0.314 e. The van der Waals surface area contributed by atoms with Crippen molar-refractivity contribution in [1.82, 2.24) is 10.2 Å². The maximum atomic E-state index is 11.0. The van der Waals surface area contributed by atoms with Crippen molar-refractivity contribution in [3.63, 3.8) is 0 Å². The predicted octanol–water partition coefficient (Wildman–Crippen LogP) is 1.18. The molecule has 5 heteroatoms. The number of rotatable bonds is 7. The number of nitrogens with zero attached hydrogens (tertiary/aromatic N) is 1. The van der Waals surface area contributed by atoms with Gasteiger partial charge in [0.25, 0.3) is 0 Å². The Balaban J connectivity index is 1.96. The number of amides is 2. The minimum Gasteiger partial charge on any atom is -0.381 e. The molecule has 1 fully saturated rings. The van der Waals surface area contributed by atoms with Crippen LogP contribution in [0.25, 0.3) is 0 Å². The topological polar surface area (TPSA) is 67.6 Å². The number of carbonyl (C=O) groups excluding carboxylic acids is 1. The fourth-order valence-corrected chi connectivity index (χ4v) is 2.10. The fraction of sp³-hybridized carbons (Fsp3) is 0.923. The molecular formula is C13H27N3O2. The lowest BCUT2D eigenvalue weighted by Crippen LogP contribution is -2.47. The summed E-state index contributed by atoms with van der Waals surface area (Å²) in [6, 6.07) is 0.223. The second-order valence-corrected chi connectivity index (χ2v) is 5.38. The number of primary amides is 1. The number of carbonyl (C=O) groups is 1. The summed E-state index contributed by atoms with van der Waals surface area (Å²) < 4.78 is 5.52. The third-order valence-corrected chi connectivity index (χ3v) is 3.16. The van der Waals surface area contributed by atoms with Crippen LogP contribution in [0.5, 0.6) is 0 Å². The molecule has 0 aliphatic carbocycles. The first-order valence-corrected chi connectivity index (χ1v) is 6.95. The van der Waals surface area contributed by atoms with Crippen molar-refractivity contribution in [2.75, 3.05) is 32.8 Å². The first kappa shape index (κ1) is 15.2. The zero-order valence-corrected chi connectivity index (χ0v) is 11.7. The van der Waals surface area contributed by atoms with Crippen LogP contribution in [0.1, 0.15) is 33.1 Å². The van der Waals surface area contributed by atoms with Gasteiger partial charge in [-0.2, -0.15) is 0 Å². The highest BCUT2D eigenvalue weighted by Gasteiger charge is 2.20. The van der Waals surface area contributed by atoms with Gasteiger partial charge in [0.15, 0.2) is 0 Å². The SMILES string of the molecule is CC(C)COCCCNC1CCN(C(N)=O)CC1. The molecule has 5 nitrogen and oxygen atoms in total. The van der Waals surface area contributed by atoms with E-state index < -0.39 is 0 Å². The molecule has 0 saturated carbocycles. The van der Waals surface area contributed by atoms with Crippen molar-refractivity contribution in [3.8, 4) is 0 Å². The second-order valence-electron chi connectivity index (χ2n) is 5.38. The summed E-state index contributed by atoms with van der Waals surface area (Å²) in [7, 11) is 0. The van der Waals surface area contributed by atoms with E-state index in [1.807, 2.05) is 0 Å². The number of ether oxygens (including phenoxy) is 1. The van der Waals surface area contributed by atoms with E-state index in [0.29, 0.717) is 12.0 Å². The Kier molecular flexibility index (Phi) is 7.05. The summed E-state index contributed by atoms with van der Waals surface area (Å²) in [4.78, 5) is 12.7. The summed E-state index contributed by atoms with van der Waals surface area (Å²) in [5.41, 5.74) is 5.24. The predicted molar refractivity (Wildman–Crippen MR) is 72.5 cm³/mol. The van der Waals surface area contributed by atoms with Crippen LogP contribution in [0.4, 0.5) is 4.79 Å². The summed E-state index contributed by atoms with van der Waals surface area (Å²) in [6.45, 7) is 8.52. The average molecular weight is 257 g/mol.